The molecule has 2 heterocycles. The van der Waals surface area contributed by atoms with Crippen LogP contribution in [-0.2, 0) is 4.79 Å². The van der Waals surface area contributed by atoms with Crippen LogP contribution in [0.2, 0.25) is 0 Å². The average molecular weight is 331 g/mol. The number of methoxy groups -OCH3 is 1. The summed E-state index contributed by atoms with van der Waals surface area (Å²) in [6.45, 7) is 1.90. The topological polar surface area (TPSA) is 54.5 Å². The van der Waals surface area contributed by atoms with Crippen LogP contribution >= 0.6 is 11.3 Å². The number of fused-ring (bicyclic) bond motifs is 1. The molecule has 0 bridgehead atoms. The van der Waals surface area contributed by atoms with Crippen molar-refractivity contribution in [2.75, 3.05) is 25.1 Å². The van der Waals surface area contributed by atoms with Crippen LogP contribution in [0.15, 0.2) is 18.2 Å². The smallest absolute Gasteiger partial charge is 0.223 e. The highest BCUT2D eigenvalue weighted by Crippen LogP contribution is 2.33. The van der Waals surface area contributed by atoms with E-state index in [4.69, 9.17) is 9.72 Å². The Kier molecular flexibility index (Phi) is 3.85. The van der Waals surface area contributed by atoms with Gasteiger partial charge in [-0.25, -0.2) is 4.98 Å². The first-order valence-corrected chi connectivity index (χ1v) is 9.04. The van der Waals surface area contributed by atoms with Gasteiger partial charge in [-0.05, 0) is 37.8 Å². The van der Waals surface area contributed by atoms with Gasteiger partial charge in [-0.15, -0.1) is 0 Å². The molecular formula is C17H21N3O2S. The van der Waals surface area contributed by atoms with Crippen LogP contribution in [0.1, 0.15) is 25.7 Å². The number of nitrogens with zero attached hydrogens (tertiary/aromatic N) is 2. The molecule has 122 valence electrons. The summed E-state index contributed by atoms with van der Waals surface area (Å²) in [6.07, 6.45) is 4.13. The van der Waals surface area contributed by atoms with Gasteiger partial charge in [0.25, 0.3) is 0 Å². The summed E-state index contributed by atoms with van der Waals surface area (Å²) < 4.78 is 6.45. The van der Waals surface area contributed by atoms with Crippen molar-refractivity contribution in [3.63, 3.8) is 0 Å². The van der Waals surface area contributed by atoms with Gasteiger partial charge in [0.05, 0.1) is 17.3 Å². The van der Waals surface area contributed by atoms with E-state index in [1.807, 2.05) is 12.1 Å². The first-order valence-electron chi connectivity index (χ1n) is 8.23. The van der Waals surface area contributed by atoms with Crippen LogP contribution in [0.25, 0.3) is 10.2 Å². The van der Waals surface area contributed by atoms with Crippen LogP contribution in [0.4, 0.5) is 5.13 Å². The van der Waals surface area contributed by atoms with Crippen LogP contribution in [0.5, 0.6) is 5.75 Å². The summed E-state index contributed by atoms with van der Waals surface area (Å²) in [6, 6.07) is 6.36. The van der Waals surface area contributed by atoms with Gasteiger partial charge in [0, 0.05) is 31.1 Å². The highest BCUT2D eigenvalue weighted by molar-refractivity contribution is 7.22. The molecule has 1 N–H and O–H groups in total. The zero-order valence-electron chi connectivity index (χ0n) is 13.2. The van der Waals surface area contributed by atoms with Crippen molar-refractivity contribution in [1.29, 1.82) is 0 Å². The number of amides is 1. The van der Waals surface area contributed by atoms with E-state index >= 15 is 0 Å². The zero-order chi connectivity index (χ0) is 15.8. The van der Waals surface area contributed by atoms with Crippen molar-refractivity contribution in [2.24, 2.45) is 5.92 Å². The van der Waals surface area contributed by atoms with Gasteiger partial charge < -0.3 is 15.0 Å². The van der Waals surface area contributed by atoms with Gasteiger partial charge in [0.1, 0.15) is 5.75 Å². The molecule has 1 amide bonds. The molecule has 6 heteroatoms. The standard InChI is InChI=1S/C17H21N3O2S/c1-22-13-4-5-15-14(10-13)19-17(23-15)20-8-6-12(7-9-20)18-16(21)11-2-3-11/h4-5,10-12H,2-3,6-9H2,1H3,(H,18,21). The number of nitrogens with one attached hydrogen (secondary N) is 1. The number of carbonyl (C=O) groups excluding carboxylic acids is 1. The highest BCUT2D eigenvalue weighted by Gasteiger charge is 2.32. The molecule has 1 saturated heterocycles. The minimum atomic E-state index is 0.260. The first kappa shape index (κ1) is 14.8. The van der Waals surface area contributed by atoms with E-state index < -0.39 is 0 Å². The number of benzene rings is 1. The van der Waals surface area contributed by atoms with Gasteiger partial charge in [-0.1, -0.05) is 11.3 Å². The summed E-state index contributed by atoms with van der Waals surface area (Å²) in [5, 5.41) is 4.26. The van der Waals surface area contributed by atoms with Crippen molar-refractivity contribution < 1.29 is 9.53 Å². The molecule has 1 saturated carbocycles. The summed E-state index contributed by atoms with van der Waals surface area (Å²) in [4.78, 5) is 18.9. The Hall–Kier alpha value is -1.82. The van der Waals surface area contributed by atoms with Crippen molar-refractivity contribution in [1.82, 2.24) is 10.3 Å². The first-order chi connectivity index (χ1) is 11.2. The summed E-state index contributed by atoms with van der Waals surface area (Å²) in [5.74, 6) is 1.40. The molecule has 2 aromatic rings. The molecule has 0 spiro atoms. The van der Waals surface area contributed by atoms with Crippen LogP contribution in [-0.4, -0.2) is 37.1 Å². The Labute approximate surface area is 139 Å². The maximum atomic E-state index is 11.9. The number of thiazole rings is 1. The van der Waals surface area contributed by atoms with E-state index in [1.165, 1.54) is 4.70 Å². The lowest BCUT2D eigenvalue weighted by Crippen LogP contribution is -2.45. The lowest BCUT2D eigenvalue weighted by molar-refractivity contribution is -0.123. The van der Waals surface area contributed by atoms with E-state index in [2.05, 4.69) is 16.3 Å². The quantitative estimate of drug-likeness (QED) is 0.936. The number of hydrogen-bond acceptors (Lipinski definition) is 5. The molecular weight excluding hydrogens is 310 g/mol. The molecule has 1 aromatic heterocycles. The summed E-state index contributed by atoms with van der Waals surface area (Å²) in [5.41, 5.74) is 0.994. The Morgan fingerprint density at radius 1 is 1.30 bits per heavy atom. The normalized spacial score (nSPS) is 19.1. The molecule has 1 aromatic carbocycles. The Balaban J connectivity index is 1.40. The molecule has 4 rings (SSSR count). The zero-order valence-corrected chi connectivity index (χ0v) is 14.1. The molecule has 0 unspecified atom stereocenters. The minimum absolute atomic E-state index is 0.260. The van der Waals surface area contributed by atoms with Crippen molar-refractivity contribution >= 4 is 32.6 Å². The monoisotopic (exact) mass is 331 g/mol. The number of anilines is 1. The average Bonchev–Trinajstić information content (AvgIpc) is 3.34. The Bertz CT molecular complexity index is 718. The van der Waals surface area contributed by atoms with E-state index in [0.29, 0.717) is 12.0 Å². The number of hydrogen-bond donors (Lipinski definition) is 1. The highest BCUT2D eigenvalue weighted by atomic mass is 32.1. The second-order valence-electron chi connectivity index (χ2n) is 6.37. The van der Waals surface area contributed by atoms with Crippen molar-refractivity contribution in [3.8, 4) is 5.75 Å². The Morgan fingerprint density at radius 3 is 2.78 bits per heavy atom. The molecule has 23 heavy (non-hydrogen) atoms. The molecule has 5 nitrogen and oxygen atoms in total. The third-order valence-electron chi connectivity index (χ3n) is 4.64. The van der Waals surface area contributed by atoms with Crippen molar-refractivity contribution in [3.05, 3.63) is 18.2 Å². The fourth-order valence-electron chi connectivity index (χ4n) is 3.04. The fourth-order valence-corrected chi connectivity index (χ4v) is 4.03. The molecule has 0 atom stereocenters. The molecule has 0 radical (unpaired) electrons. The largest absolute Gasteiger partial charge is 0.497 e. The van der Waals surface area contributed by atoms with Crippen molar-refractivity contribution in [2.45, 2.75) is 31.7 Å². The second-order valence-corrected chi connectivity index (χ2v) is 7.38. The number of ether oxygens (including phenoxy) is 1. The number of carbonyl (C=O) groups is 1. The Morgan fingerprint density at radius 2 is 2.09 bits per heavy atom. The van der Waals surface area contributed by atoms with E-state index in [9.17, 15) is 4.79 Å². The van der Waals surface area contributed by atoms with E-state index in [-0.39, 0.29) is 5.91 Å². The summed E-state index contributed by atoms with van der Waals surface area (Å²) in [7, 11) is 1.68. The maximum Gasteiger partial charge on any atom is 0.223 e. The molecule has 1 aliphatic heterocycles. The van der Waals surface area contributed by atoms with Gasteiger partial charge >= 0.3 is 0 Å². The maximum absolute atomic E-state index is 11.9. The van der Waals surface area contributed by atoms with E-state index in [0.717, 1.165) is 55.2 Å². The lowest BCUT2D eigenvalue weighted by Gasteiger charge is -2.32. The third-order valence-corrected chi connectivity index (χ3v) is 5.74. The van der Waals surface area contributed by atoms with Crippen LogP contribution < -0.4 is 15.0 Å². The molecule has 2 aliphatic rings. The summed E-state index contributed by atoms with van der Waals surface area (Å²) >= 11 is 1.72. The predicted octanol–water partition coefficient (Wildman–Crippen LogP) is 2.80. The van der Waals surface area contributed by atoms with Crippen LogP contribution in [0.3, 0.4) is 0 Å². The van der Waals surface area contributed by atoms with Gasteiger partial charge in [0.15, 0.2) is 5.13 Å². The molecule has 2 fully saturated rings. The molecule has 1 aliphatic carbocycles. The third kappa shape index (κ3) is 3.13. The van der Waals surface area contributed by atoms with E-state index in [1.54, 1.807) is 18.4 Å². The van der Waals surface area contributed by atoms with Gasteiger partial charge in [-0.2, -0.15) is 0 Å². The number of aromatic nitrogens is 1. The predicted molar refractivity (Wildman–Crippen MR) is 92.3 cm³/mol. The minimum Gasteiger partial charge on any atom is -0.497 e. The number of piperidine rings is 1. The fraction of sp³-hybridized carbons (Fsp3) is 0.529. The van der Waals surface area contributed by atoms with Gasteiger partial charge in [0.2, 0.25) is 5.91 Å². The second kappa shape index (κ2) is 6.00. The SMILES string of the molecule is COc1ccc2sc(N3CCC(NC(=O)C4CC4)CC3)nc2c1. The number of rotatable bonds is 4. The van der Waals surface area contributed by atoms with Gasteiger partial charge in [-0.3, -0.25) is 4.79 Å². The van der Waals surface area contributed by atoms with Crippen LogP contribution in [0, 0.1) is 5.92 Å². The lowest BCUT2D eigenvalue weighted by atomic mass is 10.1.